The number of hydrogen-bond acceptors (Lipinski definition) is 6. The van der Waals surface area contributed by atoms with Crippen molar-refractivity contribution >= 4 is 23.4 Å². The van der Waals surface area contributed by atoms with E-state index in [0.717, 1.165) is 24.4 Å². The van der Waals surface area contributed by atoms with Crippen molar-refractivity contribution in [3.63, 3.8) is 0 Å². The summed E-state index contributed by atoms with van der Waals surface area (Å²) in [6, 6.07) is 3.88. The highest BCUT2D eigenvalue weighted by Crippen LogP contribution is 2.18. The van der Waals surface area contributed by atoms with Gasteiger partial charge in [-0.3, -0.25) is 0 Å². The van der Waals surface area contributed by atoms with Crippen molar-refractivity contribution in [1.82, 2.24) is 19.5 Å². The van der Waals surface area contributed by atoms with Gasteiger partial charge in [0.2, 0.25) is 5.95 Å². The number of carbonyl (C=O) groups is 1. The highest BCUT2D eigenvalue weighted by atomic mass is 16.6. The molecule has 2 aromatic rings. The van der Waals surface area contributed by atoms with E-state index in [1.54, 1.807) is 9.42 Å². The molecule has 1 amide bonds. The van der Waals surface area contributed by atoms with Crippen LogP contribution >= 0.6 is 0 Å². The predicted molar refractivity (Wildman–Crippen MR) is 87.4 cm³/mol. The summed E-state index contributed by atoms with van der Waals surface area (Å²) in [7, 11) is 0. The monoisotopic (exact) mass is 318 g/mol. The van der Waals surface area contributed by atoms with Crippen LogP contribution in [0.5, 0.6) is 0 Å². The maximum Gasteiger partial charge on any atom is 0.410 e. The maximum absolute atomic E-state index is 12.1. The fourth-order valence-electron chi connectivity index (χ4n) is 2.55. The van der Waals surface area contributed by atoms with E-state index in [2.05, 4.69) is 15.0 Å². The van der Waals surface area contributed by atoms with Gasteiger partial charge in [-0.15, -0.1) is 5.10 Å². The largest absolute Gasteiger partial charge is 0.444 e. The van der Waals surface area contributed by atoms with Gasteiger partial charge in [0.15, 0.2) is 5.65 Å². The van der Waals surface area contributed by atoms with E-state index in [0.29, 0.717) is 13.1 Å². The van der Waals surface area contributed by atoms with Crippen LogP contribution in [0.1, 0.15) is 20.8 Å². The highest BCUT2D eigenvalue weighted by molar-refractivity contribution is 5.68. The van der Waals surface area contributed by atoms with E-state index in [9.17, 15) is 4.79 Å². The Morgan fingerprint density at radius 1 is 1.22 bits per heavy atom. The zero-order valence-electron chi connectivity index (χ0n) is 13.7. The standard InChI is InChI=1S/C15H22N6O2/c1-15(2,3)23-14(22)20-8-6-19(7-9-20)11-4-5-12-17-13(16)18-21(12)10-11/h4-5,10H,6-9H2,1-3H3,(H2,16,18). The first kappa shape index (κ1) is 15.4. The topological polar surface area (TPSA) is 89.0 Å². The first-order valence-corrected chi connectivity index (χ1v) is 7.67. The molecule has 0 aromatic carbocycles. The molecule has 1 aliphatic rings. The van der Waals surface area contributed by atoms with Crippen molar-refractivity contribution in [1.29, 1.82) is 0 Å². The van der Waals surface area contributed by atoms with Crippen LogP contribution in [0.25, 0.3) is 5.65 Å². The molecule has 3 heterocycles. The van der Waals surface area contributed by atoms with Crippen molar-refractivity contribution in [2.45, 2.75) is 26.4 Å². The summed E-state index contributed by atoms with van der Waals surface area (Å²) in [6.45, 7) is 8.38. The number of fused-ring (bicyclic) bond motifs is 1. The van der Waals surface area contributed by atoms with Gasteiger partial charge in [0.25, 0.3) is 0 Å². The molecule has 1 fully saturated rings. The molecule has 1 saturated heterocycles. The van der Waals surface area contributed by atoms with Gasteiger partial charge in [-0.1, -0.05) is 0 Å². The van der Waals surface area contributed by atoms with Crippen LogP contribution in [-0.2, 0) is 4.74 Å². The number of ether oxygens (including phenoxy) is 1. The fraction of sp³-hybridized carbons (Fsp3) is 0.533. The molecule has 124 valence electrons. The van der Waals surface area contributed by atoms with Gasteiger partial charge in [0.1, 0.15) is 5.60 Å². The lowest BCUT2D eigenvalue weighted by Crippen LogP contribution is -2.50. The van der Waals surface area contributed by atoms with E-state index in [4.69, 9.17) is 10.5 Å². The molecule has 1 aliphatic heterocycles. The molecular weight excluding hydrogens is 296 g/mol. The number of carbonyl (C=O) groups excluding carboxylic acids is 1. The fourth-order valence-corrected chi connectivity index (χ4v) is 2.55. The Morgan fingerprint density at radius 2 is 1.91 bits per heavy atom. The van der Waals surface area contributed by atoms with E-state index >= 15 is 0 Å². The van der Waals surface area contributed by atoms with Crippen LogP contribution in [0.4, 0.5) is 16.4 Å². The highest BCUT2D eigenvalue weighted by Gasteiger charge is 2.26. The number of piperazine rings is 1. The van der Waals surface area contributed by atoms with Crippen molar-refractivity contribution < 1.29 is 9.53 Å². The van der Waals surface area contributed by atoms with Crippen molar-refractivity contribution in [2.24, 2.45) is 0 Å². The number of anilines is 2. The normalized spacial score (nSPS) is 16.0. The zero-order valence-corrected chi connectivity index (χ0v) is 13.7. The minimum absolute atomic E-state index is 0.253. The predicted octanol–water partition coefficient (Wildman–Crippen LogP) is 1.37. The minimum atomic E-state index is -0.466. The summed E-state index contributed by atoms with van der Waals surface area (Å²) in [5, 5.41) is 4.12. The maximum atomic E-state index is 12.1. The molecule has 23 heavy (non-hydrogen) atoms. The van der Waals surface area contributed by atoms with Crippen LogP contribution in [0, 0.1) is 0 Å². The molecule has 0 radical (unpaired) electrons. The van der Waals surface area contributed by atoms with Gasteiger partial charge >= 0.3 is 6.09 Å². The Bertz CT molecular complexity index is 712. The number of pyridine rings is 1. The smallest absolute Gasteiger partial charge is 0.410 e. The van der Waals surface area contributed by atoms with Gasteiger partial charge in [0.05, 0.1) is 11.9 Å². The number of amides is 1. The van der Waals surface area contributed by atoms with Crippen LogP contribution in [0.3, 0.4) is 0 Å². The Morgan fingerprint density at radius 3 is 2.57 bits per heavy atom. The Hall–Kier alpha value is -2.51. The van der Waals surface area contributed by atoms with E-state index < -0.39 is 5.60 Å². The van der Waals surface area contributed by atoms with Crippen molar-refractivity contribution in [2.75, 3.05) is 36.8 Å². The van der Waals surface area contributed by atoms with E-state index in [1.165, 1.54) is 0 Å². The quantitative estimate of drug-likeness (QED) is 0.854. The second-order valence-corrected chi connectivity index (χ2v) is 6.61. The molecule has 2 N–H and O–H groups in total. The second kappa shape index (κ2) is 5.60. The minimum Gasteiger partial charge on any atom is -0.444 e. The molecule has 3 rings (SSSR count). The Kier molecular flexibility index (Phi) is 3.75. The first-order valence-electron chi connectivity index (χ1n) is 7.67. The summed E-state index contributed by atoms with van der Waals surface area (Å²) >= 11 is 0. The molecule has 0 spiro atoms. The lowest BCUT2D eigenvalue weighted by molar-refractivity contribution is 0.0240. The third-order valence-corrected chi connectivity index (χ3v) is 3.63. The van der Waals surface area contributed by atoms with Gasteiger partial charge in [0, 0.05) is 26.2 Å². The second-order valence-electron chi connectivity index (χ2n) is 6.61. The number of hydrogen-bond donors (Lipinski definition) is 1. The molecule has 0 bridgehead atoms. The summed E-state index contributed by atoms with van der Waals surface area (Å²) in [5.74, 6) is 0.261. The Balaban J connectivity index is 1.64. The molecule has 8 nitrogen and oxygen atoms in total. The third kappa shape index (κ3) is 3.46. The van der Waals surface area contributed by atoms with Gasteiger partial charge in [-0.2, -0.15) is 4.98 Å². The Labute approximate surface area is 134 Å². The van der Waals surface area contributed by atoms with Gasteiger partial charge in [-0.05, 0) is 32.9 Å². The summed E-state index contributed by atoms with van der Waals surface area (Å²) < 4.78 is 7.08. The number of nitrogens with zero attached hydrogens (tertiary/aromatic N) is 5. The average Bonchev–Trinajstić information content (AvgIpc) is 2.84. The molecule has 0 aliphatic carbocycles. The van der Waals surface area contributed by atoms with Crippen LogP contribution in [-0.4, -0.2) is 57.4 Å². The lowest BCUT2D eigenvalue weighted by atomic mass is 10.2. The van der Waals surface area contributed by atoms with Gasteiger partial charge < -0.3 is 20.3 Å². The van der Waals surface area contributed by atoms with Crippen LogP contribution in [0.2, 0.25) is 0 Å². The zero-order chi connectivity index (χ0) is 16.6. The lowest BCUT2D eigenvalue weighted by Gasteiger charge is -2.36. The number of nitrogen functional groups attached to an aromatic ring is 1. The van der Waals surface area contributed by atoms with E-state index in [-0.39, 0.29) is 12.0 Å². The van der Waals surface area contributed by atoms with Crippen LogP contribution < -0.4 is 10.6 Å². The van der Waals surface area contributed by atoms with Gasteiger partial charge in [-0.25, -0.2) is 9.31 Å². The van der Waals surface area contributed by atoms with Crippen LogP contribution in [0.15, 0.2) is 18.3 Å². The summed E-state index contributed by atoms with van der Waals surface area (Å²) in [6.07, 6.45) is 1.65. The molecule has 2 aromatic heterocycles. The number of nitrogens with two attached hydrogens (primary N) is 1. The number of rotatable bonds is 1. The summed E-state index contributed by atoms with van der Waals surface area (Å²) in [5.41, 5.74) is 6.89. The SMILES string of the molecule is CC(C)(C)OC(=O)N1CCN(c2ccc3nc(N)nn3c2)CC1. The molecule has 0 saturated carbocycles. The average molecular weight is 318 g/mol. The molecular formula is C15H22N6O2. The molecule has 8 heteroatoms. The van der Waals surface area contributed by atoms with E-state index in [1.807, 2.05) is 39.1 Å². The van der Waals surface area contributed by atoms with Crippen molar-refractivity contribution in [3.05, 3.63) is 18.3 Å². The third-order valence-electron chi connectivity index (χ3n) is 3.63. The molecule has 0 atom stereocenters. The number of aromatic nitrogens is 3. The summed E-state index contributed by atoms with van der Waals surface area (Å²) in [4.78, 5) is 20.1. The van der Waals surface area contributed by atoms with Crippen molar-refractivity contribution in [3.8, 4) is 0 Å². The molecule has 0 unspecified atom stereocenters. The first-order chi connectivity index (χ1) is 10.8.